The molecule has 0 atom stereocenters. The van der Waals surface area contributed by atoms with Crippen LogP contribution in [-0.4, -0.2) is 35.6 Å². The molecule has 0 bridgehead atoms. The minimum absolute atomic E-state index is 0.0248. The van der Waals surface area contributed by atoms with Gasteiger partial charge in [-0.3, -0.25) is 4.79 Å². The Morgan fingerprint density at radius 2 is 1.68 bits per heavy atom. The van der Waals surface area contributed by atoms with Gasteiger partial charge in [-0.1, -0.05) is 48.5 Å². The summed E-state index contributed by atoms with van der Waals surface area (Å²) in [7, 11) is 0. The van der Waals surface area contributed by atoms with Crippen molar-refractivity contribution in [2.75, 3.05) is 19.7 Å². The topological polar surface area (TPSA) is 49.8 Å². The van der Waals surface area contributed by atoms with E-state index < -0.39 is 0 Å². The largest absolute Gasteiger partial charge is 0.484 e. The van der Waals surface area contributed by atoms with Crippen molar-refractivity contribution in [3.05, 3.63) is 66.2 Å². The third-order valence-electron chi connectivity index (χ3n) is 5.38. The lowest BCUT2D eigenvalue weighted by Gasteiger charge is -2.26. The van der Waals surface area contributed by atoms with Crippen LogP contribution in [0.25, 0.3) is 21.9 Å². The van der Waals surface area contributed by atoms with E-state index in [2.05, 4.69) is 6.07 Å². The van der Waals surface area contributed by atoms with Crippen molar-refractivity contribution in [2.24, 2.45) is 0 Å². The minimum Gasteiger partial charge on any atom is -0.484 e. The van der Waals surface area contributed by atoms with Crippen molar-refractivity contribution < 1.29 is 14.6 Å². The summed E-state index contributed by atoms with van der Waals surface area (Å²) in [5, 5.41) is 11.9. The first-order valence-electron chi connectivity index (χ1n) is 9.89. The van der Waals surface area contributed by atoms with Gasteiger partial charge in [-0.2, -0.15) is 0 Å². The molecule has 144 valence electrons. The van der Waals surface area contributed by atoms with E-state index in [1.807, 2.05) is 59.5 Å². The number of aliphatic hydroxyl groups is 1. The molecule has 1 fully saturated rings. The van der Waals surface area contributed by atoms with Crippen LogP contribution in [0.4, 0.5) is 0 Å². The summed E-state index contributed by atoms with van der Waals surface area (Å²) in [6.07, 6.45) is 3.34. The first-order valence-corrected chi connectivity index (χ1v) is 9.89. The Hall–Kier alpha value is -2.85. The zero-order valence-corrected chi connectivity index (χ0v) is 15.9. The molecule has 3 aromatic rings. The van der Waals surface area contributed by atoms with Gasteiger partial charge in [-0.25, -0.2) is 0 Å². The molecule has 0 saturated carbocycles. The highest BCUT2D eigenvalue weighted by Crippen LogP contribution is 2.35. The van der Waals surface area contributed by atoms with E-state index in [0.717, 1.165) is 53.4 Å². The molecule has 3 aromatic carbocycles. The molecule has 0 aromatic heterocycles. The Balaban J connectivity index is 1.65. The van der Waals surface area contributed by atoms with Gasteiger partial charge in [-0.05, 0) is 58.9 Å². The Morgan fingerprint density at radius 3 is 2.50 bits per heavy atom. The van der Waals surface area contributed by atoms with E-state index in [4.69, 9.17) is 4.74 Å². The predicted octanol–water partition coefficient (Wildman–Crippen LogP) is 4.39. The highest BCUT2D eigenvalue weighted by Gasteiger charge is 2.17. The molecule has 1 heterocycles. The quantitative estimate of drug-likeness (QED) is 0.719. The van der Waals surface area contributed by atoms with Crippen molar-refractivity contribution in [3.63, 3.8) is 0 Å². The number of aliphatic hydroxyl groups excluding tert-OH is 1. The summed E-state index contributed by atoms with van der Waals surface area (Å²) < 4.78 is 5.91. The second kappa shape index (κ2) is 8.44. The molecule has 0 spiro atoms. The summed E-state index contributed by atoms with van der Waals surface area (Å²) in [5.74, 6) is 0.719. The Kier molecular flexibility index (Phi) is 5.58. The third-order valence-corrected chi connectivity index (χ3v) is 5.38. The predicted molar refractivity (Wildman–Crippen MR) is 111 cm³/mol. The maximum absolute atomic E-state index is 12.5. The van der Waals surface area contributed by atoms with Crippen molar-refractivity contribution in [1.29, 1.82) is 0 Å². The van der Waals surface area contributed by atoms with Crippen molar-refractivity contribution in [2.45, 2.75) is 25.9 Å². The lowest BCUT2D eigenvalue weighted by atomic mass is 9.94. The van der Waals surface area contributed by atoms with Gasteiger partial charge < -0.3 is 14.7 Å². The Morgan fingerprint density at radius 1 is 0.929 bits per heavy atom. The minimum atomic E-state index is -0.0248. The SMILES string of the molecule is O=C(COc1cc(-c2ccccc2CO)c2ccccc2c1)N1CCCCC1. The van der Waals surface area contributed by atoms with Crippen LogP contribution in [-0.2, 0) is 11.4 Å². The van der Waals surface area contributed by atoms with Gasteiger partial charge in [-0.15, -0.1) is 0 Å². The van der Waals surface area contributed by atoms with E-state index in [-0.39, 0.29) is 19.1 Å². The van der Waals surface area contributed by atoms with E-state index in [9.17, 15) is 9.90 Å². The lowest BCUT2D eigenvalue weighted by Crippen LogP contribution is -2.38. The molecule has 1 aliphatic heterocycles. The lowest BCUT2D eigenvalue weighted by molar-refractivity contribution is -0.134. The standard InChI is InChI=1S/C24H25NO3/c26-16-19-9-3-5-11-22(19)23-15-20(14-18-8-2-4-10-21(18)23)28-17-24(27)25-12-6-1-7-13-25/h2-5,8-11,14-15,26H,1,6-7,12-13,16-17H2. The van der Waals surface area contributed by atoms with Crippen LogP contribution in [0.3, 0.4) is 0 Å². The van der Waals surface area contributed by atoms with Gasteiger partial charge >= 0.3 is 0 Å². The fourth-order valence-corrected chi connectivity index (χ4v) is 3.89. The molecular weight excluding hydrogens is 350 g/mol. The first kappa shape index (κ1) is 18.5. The summed E-state index contributed by atoms with van der Waals surface area (Å²) in [4.78, 5) is 14.4. The fraction of sp³-hybridized carbons (Fsp3) is 0.292. The number of carbonyl (C=O) groups is 1. The normalized spacial score (nSPS) is 14.2. The summed E-state index contributed by atoms with van der Waals surface area (Å²) in [5.41, 5.74) is 2.85. The maximum atomic E-state index is 12.5. The van der Waals surface area contributed by atoms with Crippen LogP contribution in [0.1, 0.15) is 24.8 Å². The molecular formula is C24H25NO3. The average Bonchev–Trinajstić information content (AvgIpc) is 2.77. The van der Waals surface area contributed by atoms with Crippen LogP contribution in [0.5, 0.6) is 5.75 Å². The first-order chi connectivity index (χ1) is 13.8. The van der Waals surface area contributed by atoms with Crippen LogP contribution in [0.15, 0.2) is 60.7 Å². The maximum Gasteiger partial charge on any atom is 0.260 e. The number of fused-ring (bicyclic) bond motifs is 1. The molecule has 0 radical (unpaired) electrons. The monoisotopic (exact) mass is 375 g/mol. The third kappa shape index (κ3) is 3.87. The van der Waals surface area contributed by atoms with Crippen LogP contribution >= 0.6 is 0 Å². The van der Waals surface area contributed by atoms with Crippen molar-refractivity contribution >= 4 is 16.7 Å². The van der Waals surface area contributed by atoms with Gasteiger partial charge in [0.1, 0.15) is 5.75 Å². The molecule has 1 aliphatic rings. The van der Waals surface area contributed by atoms with Crippen molar-refractivity contribution in [3.8, 4) is 16.9 Å². The van der Waals surface area contributed by atoms with E-state index >= 15 is 0 Å². The smallest absolute Gasteiger partial charge is 0.260 e. The molecule has 28 heavy (non-hydrogen) atoms. The number of nitrogens with zero attached hydrogens (tertiary/aromatic N) is 1. The van der Waals surface area contributed by atoms with E-state index in [1.54, 1.807) is 0 Å². The number of piperidine rings is 1. The molecule has 4 nitrogen and oxygen atoms in total. The Bertz CT molecular complexity index is 977. The number of ether oxygens (including phenoxy) is 1. The van der Waals surface area contributed by atoms with Crippen LogP contribution in [0.2, 0.25) is 0 Å². The molecule has 4 heteroatoms. The average molecular weight is 375 g/mol. The van der Waals surface area contributed by atoms with Gasteiger partial charge in [0.2, 0.25) is 0 Å². The molecule has 1 N–H and O–H groups in total. The summed E-state index contributed by atoms with van der Waals surface area (Å²) in [6, 6.07) is 19.9. The number of rotatable bonds is 5. The molecule has 0 aliphatic carbocycles. The number of likely N-dealkylation sites (tertiary alicyclic amines) is 1. The molecule has 1 saturated heterocycles. The van der Waals surface area contributed by atoms with Gasteiger partial charge in [0, 0.05) is 13.1 Å². The zero-order valence-electron chi connectivity index (χ0n) is 15.9. The van der Waals surface area contributed by atoms with Gasteiger partial charge in [0.15, 0.2) is 6.61 Å². The second-order valence-electron chi connectivity index (χ2n) is 7.24. The highest BCUT2D eigenvalue weighted by atomic mass is 16.5. The van der Waals surface area contributed by atoms with Crippen molar-refractivity contribution in [1.82, 2.24) is 4.90 Å². The number of benzene rings is 3. The van der Waals surface area contributed by atoms with Gasteiger partial charge in [0.25, 0.3) is 5.91 Å². The molecule has 0 unspecified atom stereocenters. The summed E-state index contributed by atoms with van der Waals surface area (Å²) in [6.45, 7) is 1.69. The fourth-order valence-electron chi connectivity index (χ4n) is 3.89. The van der Waals surface area contributed by atoms with E-state index in [0.29, 0.717) is 5.75 Å². The number of hydrogen-bond donors (Lipinski definition) is 1. The zero-order chi connectivity index (χ0) is 19.3. The second-order valence-corrected chi connectivity index (χ2v) is 7.24. The number of amides is 1. The Labute approximate surface area is 165 Å². The summed E-state index contributed by atoms with van der Waals surface area (Å²) >= 11 is 0. The molecule has 1 amide bonds. The van der Waals surface area contributed by atoms with Crippen LogP contribution in [0, 0.1) is 0 Å². The number of hydrogen-bond acceptors (Lipinski definition) is 3. The molecule has 4 rings (SSSR count). The number of carbonyl (C=O) groups excluding carboxylic acids is 1. The van der Waals surface area contributed by atoms with Crippen LogP contribution < -0.4 is 4.74 Å². The van der Waals surface area contributed by atoms with Gasteiger partial charge in [0.05, 0.1) is 6.61 Å². The highest BCUT2D eigenvalue weighted by molar-refractivity contribution is 5.98. The van der Waals surface area contributed by atoms with E-state index in [1.165, 1.54) is 6.42 Å².